The predicted octanol–water partition coefficient (Wildman–Crippen LogP) is 5.30. The Bertz CT molecular complexity index is 548. The number of esters is 1. The predicted molar refractivity (Wildman–Crippen MR) is 118 cm³/mol. The third-order valence-corrected chi connectivity index (χ3v) is 10.8. The fraction of sp³-hybridized carbons (Fsp3) is 0.857. The van der Waals surface area contributed by atoms with Crippen molar-refractivity contribution >= 4 is 21.4 Å². The second-order valence-electron chi connectivity index (χ2n) is 10.1. The quantitative estimate of drug-likeness (QED) is 0.223. The molecule has 0 amide bonds. The molecule has 5 nitrogen and oxygen atoms in total. The molecule has 1 fully saturated rings. The molecule has 0 spiro atoms. The number of unbranched alkanes of at least 4 members (excludes halogenated alkanes) is 1. The average molecular weight is 412 g/mol. The molecule has 0 aromatic rings. The summed E-state index contributed by atoms with van der Waals surface area (Å²) < 4.78 is 23.6. The Morgan fingerprint density at radius 1 is 1.07 bits per heavy atom. The number of rotatable bonds is 9. The summed E-state index contributed by atoms with van der Waals surface area (Å²) in [6.07, 6.45) is 4.10. The molecule has 1 heterocycles. The van der Waals surface area contributed by atoms with Crippen molar-refractivity contribution in [3.8, 4) is 0 Å². The van der Waals surface area contributed by atoms with E-state index < -0.39 is 26.6 Å². The zero-order chi connectivity index (χ0) is 21.8. The van der Waals surface area contributed by atoms with Crippen LogP contribution >= 0.6 is 0 Å². The van der Waals surface area contributed by atoms with Crippen molar-refractivity contribution in [3.05, 3.63) is 11.5 Å². The summed E-state index contributed by atoms with van der Waals surface area (Å²) in [6.45, 7) is 22.2. The van der Waals surface area contributed by atoms with Crippen LogP contribution in [0.25, 0.3) is 0 Å². The van der Waals surface area contributed by atoms with Crippen molar-refractivity contribution in [2.24, 2.45) is 0 Å². The molecule has 0 N–H and O–H groups in total. The molecule has 1 aliphatic rings. The van der Waals surface area contributed by atoms with Crippen LogP contribution in [0, 0.1) is 0 Å². The summed E-state index contributed by atoms with van der Waals surface area (Å²) in [6, 6.07) is 0. The van der Waals surface area contributed by atoms with Gasteiger partial charge in [0.1, 0.15) is 0 Å². The molecule has 0 bridgehead atoms. The van der Waals surface area contributed by atoms with E-state index in [1.54, 1.807) is 13.0 Å². The maximum atomic E-state index is 12.0. The summed E-state index contributed by atoms with van der Waals surface area (Å²) in [5.41, 5.74) is -0.0299. The average Bonchev–Trinajstić information content (AvgIpc) is 2.73. The summed E-state index contributed by atoms with van der Waals surface area (Å²) in [7, 11) is -2.24. The van der Waals surface area contributed by atoms with Crippen LogP contribution < -0.4 is 0 Å². The highest BCUT2D eigenvalue weighted by Gasteiger charge is 2.52. The van der Waals surface area contributed by atoms with E-state index >= 15 is 0 Å². The minimum atomic E-state index is -1.72. The number of hydrogen-bond acceptors (Lipinski definition) is 5. The molecule has 28 heavy (non-hydrogen) atoms. The van der Waals surface area contributed by atoms with Crippen molar-refractivity contribution in [2.45, 2.75) is 104 Å². The molecule has 1 saturated heterocycles. The highest BCUT2D eigenvalue weighted by molar-refractivity contribution is 6.74. The van der Waals surface area contributed by atoms with Crippen LogP contribution in [0.2, 0.25) is 18.1 Å². The first-order valence-corrected chi connectivity index (χ1v) is 13.4. The summed E-state index contributed by atoms with van der Waals surface area (Å²) in [5.74, 6) is -0.343. The highest BCUT2D eigenvalue weighted by atomic mass is 28.4. The SMILES string of the molecule is CCOC(=O)/C=C(/CCCCO[Si](C)(C)C(C)(C)C)B1OC(C)(C)C(C)(C)O1. The third kappa shape index (κ3) is 6.72. The van der Waals surface area contributed by atoms with Crippen LogP contribution in [-0.4, -0.2) is 45.8 Å². The lowest BCUT2D eigenvalue weighted by atomic mass is 9.75. The van der Waals surface area contributed by atoms with Gasteiger partial charge in [-0.1, -0.05) is 20.8 Å². The Labute approximate surface area is 173 Å². The summed E-state index contributed by atoms with van der Waals surface area (Å²) in [5, 5.41) is 0.213. The van der Waals surface area contributed by atoms with Crippen molar-refractivity contribution in [1.82, 2.24) is 0 Å². The van der Waals surface area contributed by atoms with Gasteiger partial charge in [-0.25, -0.2) is 4.79 Å². The van der Waals surface area contributed by atoms with Crippen LogP contribution in [0.1, 0.15) is 74.7 Å². The third-order valence-electron chi connectivity index (χ3n) is 6.27. The van der Waals surface area contributed by atoms with Gasteiger partial charge in [-0.15, -0.1) is 0 Å². The molecule has 162 valence electrons. The fourth-order valence-electron chi connectivity index (χ4n) is 2.56. The van der Waals surface area contributed by atoms with Gasteiger partial charge in [0.25, 0.3) is 0 Å². The number of hydrogen-bond donors (Lipinski definition) is 0. The first-order chi connectivity index (χ1) is 12.6. The van der Waals surface area contributed by atoms with Crippen molar-refractivity contribution in [2.75, 3.05) is 13.2 Å². The first kappa shape index (κ1) is 25.4. The Morgan fingerprint density at radius 2 is 1.61 bits per heavy atom. The Kier molecular flexibility index (Phi) is 8.58. The topological polar surface area (TPSA) is 54.0 Å². The Hall–Kier alpha value is -0.628. The van der Waals surface area contributed by atoms with Gasteiger partial charge < -0.3 is 18.5 Å². The lowest BCUT2D eigenvalue weighted by Gasteiger charge is -2.36. The van der Waals surface area contributed by atoms with Gasteiger partial charge in [0, 0.05) is 12.7 Å². The van der Waals surface area contributed by atoms with Crippen molar-refractivity contribution < 1.29 is 23.3 Å². The maximum absolute atomic E-state index is 12.0. The first-order valence-electron chi connectivity index (χ1n) is 10.5. The summed E-state index contributed by atoms with van der Waals surface area (Å²) in [4.78, 5) is 12.0. The van der Waals surface area contributed by atoms with E-state index in [2.05, 4.69) is 33.9 Å². The monoisotopic (exact) mass is 412 g/mol. The fourth-order valence-corrected chi connectivity index (χ4v) is 3.65. The molecule has 0 saturated carbocycles. The van der Waals surface area contributed by atoms with Crippen LogP contribution in [-0.2, 0) is 23.3 Å². The molecule has 0 aliphatic carbocycles. The molecule has 1 aliphatic heterocycles. The Morgan fingerprint density at radius 3 is 2.07 bits per heavy atom. The standard InChI is InChI=1S/C21H41BO5Si/c1-11-24-18(23)16-17(22-26-20(5,6)21(7,8)27-22)14-12-13-15-25-28(9,10)19(2,3)4/h16H,11-15H2,1-10H3/b17-16-. The molecule has 0 atom stereocenters. The minimum absolute atomic E-state index is 0.213. The number of carbonyl (C=O) groups is 1. The van der Waals surface area contributed by atoms with Crippen molar-refractivity contribution in [3.63, 3.8) is 0 Å². The number of carbonyl (C=O) groups excluding carboxylic acids is 1. The minimum Gasteiger partial charge on any atom is -0.463 e. The largest absolute Gasteiger partial charge is 0.490 e. The molecule has 0 aromatic heterocycles. The molecule has 0 aromatic carbocycles. The number of ether oxygens (including phenoxy) is 1. The van der Waals surface area contributed by atoms with E-state index in [0.29, 0.717) is 6.61 Å². The van der Waals surface area contributed by atoms with Crippen LogP contribution in [0.3, 0.4) is 0 Å². The van der Waals surface area contributed by atoms with E-state index in [4.69, 9.17) is 18.5 Å². The molecule has 0 radical (unpaired) electrons. The van der Waals surface area contributed by atoms with Crippen LogP contribution in [0.4, 0.5) is 0 Å². The van der Waals surface area contributed by atoms with Crippen LogP contribution in [0.5, 0.6) is 0 Å². The lowest BCUT2D eigenvalue weighted by molar-refractivity contribution is -0.137. The lowest BCUT2D eigenvalue weighted by Crippen LogP contribution is -2.41. The molecular weight excluding hydrogens is 371 g/mol. The molecule has 7 heteroatoms. The smallest absolute Gasteiger partial charge is 0.463 e. The van der Waals surface area contributed by atoms with Gasteiger partial charge in [-0.2, -0.15) is 0 Å². The highest BCUT2D eigenvalue weighted by Crippen LogP contribution is 2.39. The van der Waals surface area contributed by atoms with Gasteiger partial charge in [0.15, 0.2) is 8.32 Å². The van der Waals surface area contributed by atoms with E-state index in [0.717, 1.165) is 31.3 Å². The molecule has 1 rings (SSSR count). The van der Waals surface area contributed by atoms with E-state index in [9.17, 15) is 4.79 Å². The van der Waals surface area contributed by atoms with Gasteiger partial charge >= 0.3 is 13.1 Å². The maximum Gasteiger partial charge on any atom is 0.490 e. The molecular formula is C21H41BO5Si. The normalized spacial score (nSPS) is 19.8. The van der Waals surface area contributed by atoms with E-state index in [1.165, 1.54) is 0 Å². The second kappa shape index (κ2) is 9.46. The van der Waals surface area contributed by atoms with E-state index in [1.807, 2.05) is 27.7 Å². The second-order valence-corrected chi connectivity index (χ2v) is 14.9. The van der Waals surface area contributed by atoms with E-state index in [-0.39, 0.29) is 11.0 Å². The zero-order valence-corrected chi connectivity index (χ0v) is 20.7. The molecule has 0 unspecified atom stereocenters. The van der Waals surface area contributed by atoms with Crippen LogP contribution in [0.15, 0.2) is 11.5 Å². The summed E-state index contributed by atoms with van der Waals surface area (Å²) >= 11 is 0. The van der Waals surface area contributed by atoms with Gasteiger partial charge in [-0.05, 0) is 77.5 Å². The van der Waals surface area contributed by atoms with Gasteiger partial charge in [-0.3, -0.25) is 0 Å². The zero-order valence-electron chi connectivity index (χ0n) is 19.7. The Balaban J connectivity index is 2.70. The van der Waals surface area contributed by atoms with Crippen molar-refractivity contribution in [1.29, 1.82) is 0 Å². The van der Waals surface area contributed by atoms with Gasteiger partial charge in [0.2, 0.25) is 0 Å². The van der Waals surface area contributed by atoms with Gasteiger partial charge in [0.05, 0.1) is 17.8 Å². The number of allylic oxidation sites excluding steroid dienone is 1.